The number of hydrogen-bond acceptors (Lipinski definition) is 4. The molecule has 2 aromatic carbocycles. The minimum Gasteiger partial charge on any atom is -0.384 e. The molecular formula is C17H20N4S. The maximum atomic E-state index is 7.54. The number of thioether (sulfide) groups is 1. The number of nitrogens with one attached hydrogen (secondary N) is 1. The van der Waals surface area contributed by atoms with Crippen molar-refractivity contribution in [1.82, 2.24) is 0 Å². The van der Waals surface area contributed by atoms with Crippen LogP contribution in [0, 0.1) is 5.41 Å². The first-order valence-corrected chi connectivity index (χ1v) is 8.11. The first kappa shape index (κ1) is 14.9. The SMILES string of the molecule is CN1c2ccccc2SC1C(N)Cc1cccc(C(=N)N)c1. The molecule has 5 heteroatoms. The minimum atomic E-state index is 0.00427. The van der Waals surface area contributed by atoms with Gasteiger partial charge in [0.25, 0.3) is 0 Å². The molecule has 2 aromatic rings. The van der Waals surface area contributed by atoms with Crippen molar-refractivity contribution in [2.24, 2.45) is 11.5 Å². The Morgan fingerprint density at radius 1 is 1.27 bits per heavy atom. The van der Waals surface area contributed by atoms with E-state index in [-0.39, 0.29) is 17.3 Å². The number of amidine groups is 1. The van der Waals surface area contributed by atoms with Crippen LogP contribution < -0.4 is 16.4 Å². The van der Waals surface area contributed by atoms with Gasteiger partial charge in [-0.2, -0.15) is 0 Å². The number of hydrogen-bond donors (Lipinski definition) is 3. The van der Waals surface area contributed by atoms with E-state index >= 15 is 0 Å². The number of nitrogen functional groups attached to an aromatic ring is 1. The molecule has 2 atom stereocenters. The van der Waals surface area contributed by atoms with Crippen LogP contribution >= 0.6 is 11.8 Å². The monoisotopic (exact) mass is 312 g/mol. The van der Waals surface area contributed by atoms with Crippen molar-refractivity contribution >= 4 is 23.3 Å². The summed E-state index contributed by atoms with van der Waals surface area (Å²) in [6.07, 6.45) is 0.761. The zero-order valence-electron chi connectivity index (χ0n) is 12.5. The lowest BCUT2D eigenvalue weighted by Gasteiger charge is -2.27. The van der Waals surface area contributed by atoms with E-state index in [1.807, 2.05) is 36.0 Å². The second-order valence-corrected chi connectivity index (χ2v) is 6.73. The van der Waals surface area contributed by atoms with Gasteiger partial charge < -0.3 is 16.4 Å². The maximum Gasteiger partial charge on any atom is 0.122 e. The van der Waals surface area contributed by atoms with Crippen molar-refractivity contribution in [2.45, 2.75) is 22.7 Å². The molecule has 0 saturated heterocycles. The van der Waals surface area contributed by atoms with E-state index in [4.69, 9.17) is 16.9 Å². The molecule has 1 aliphatic heterocycles. The van der Waals surface area contributed by atoms with Crippen LogP contribution in [0.4, 0.5) is 5.69 Å². The molecule has 0 aliphatic carbocycles. The molecule has 0 amide bonds. The number of anilines is 1. The third-order valence-electron chi connectivity index (χ3n) is 3.95. The van der Waals surface area contributed by atoms with E-state index in [1.54, 1.807) is 0 Å². The zero-order valence-corrected chi connectivity index (χ0v) is 13.3. The summed E-state index contributed by atoms with van der Waals surface area (Å²) in [6, 6.07) is 16.2. The molecule has 0 spiro atoms. The van der Waals surface area contributed by atoms with Crippen molar-refractivity contribution in [2.75, 3.05) is 11.9 Å². The maximum absolute atomic E-state index is 7.54. The third kappa shape index (κ3) is 2.82. The van der Waals surface area contributed by atoms with E-state index in [0.717, 1.165) is 17.5 Å². The molecule has 3 rings (SSSR count). The number of rotatable bonds is 4. The Hall–Kier alpha value is -1.98. The molecule has 0 saturated carbocycles. The van der Waals surface area contributed by atoms with Crippen molar-refractivity contribution in [3.63, 3.8) is 0 Å². The van der Waals surface area contributed by atoms with Gasteiger partial charge in [-0.15, -0.1) is 0 Å². The minimum absolute atomic E-state index is 0.00427. The summed E-state index contributed by atoms with van der Waals surface area (Å²) >= 11 is 1.82. The Morgan fingerprint density at radius 2 is 2.05 bits per heavy atom. The van der Waals surface area contributed by atoms with Gasteiger partial charge in [0.15, 0.2) is 0 Å². The number of para-hydroxylation sites is 1. The van der Waals surface area contributed by atoms with Crippen LogP contribution in [0.5, 0.6) is 0 Å². The standard InChI is InChI=1S/C17H20N4S/c1-21-14-7-2-3-8-15(14)22-17(21)13(18)10-11-5-4-6-12(9-11)16(19)20/h2-9,13,17H,10,18H2,1H3,(H3,19,20). The Kier molecular flexibility index (Phi) is 4.09. The largest absolute Gasteiger partial charge is 0.384 e. The van der Waals surface area contributed by atoms with E-state index < -0.39 is 0 Å². The van der Waals surface area contributed by atoms with E-state index in [2.05, 4.69) is 36.2 Å². The van der Waals surface area contributed by atoms with Crippen LogP contribution in [0.25, 0.3) is 0 Å². The van der Waals surface area contributed by atoms with E-state index in [1.165, 1.54) is 10.6 Å². The highest BCUT2D eigenvalue weighted by molar-refractivity contribution is 8.00. The number of fused-ring (bicyclic) bond motifs is 1. The Bertz CT molecular complexity index is 701. The quantitative estimate of drug-likeness (QED) is 0.598. The van der Waals surface area contributed by atoms with Crippen molar-refractivity contribution in [3.05, 3.63) is 59.7 Å². The lowest BCUT2D eigenvalue weighted by molar-refractivity contribution is 0.626. The molecule has 4 nitrogen and oxygen atoms in total. The summed E-state index contributed by atoms with van der Waals surface area (Å²) in [5.74, 6) is 0.0928. The number of nitrogens with zero attached hydrogens (tertiary/aromatic N) is 1. The lowest BCUT2D eigenvalue weighted by Crippen LogP contribution is -2.43. The lowest BCUT2D eigenvalue weighted by atomic mass is 10.0. The fourth-order valence-corrected chi connectivity index (χ4v) is 4.10. The highest BCUT2D eigenvalue weighted by Crippen LogP contribution is 2.43. The predicted octanol–water partition coefficient (Wildman–Crippen LogP) is 2.41. The summed E-state index contributed by atoms with van der Waals surface area (Å²) in [5.41, 5.74) is 15.1. The molecule has 1 heterocycles. The molecule has 0 fully saturated rings. The number of nitrogens with two attached hydrogens (primary N) is 2. The Morgan fingerprint density at radius 3 is 2.77 bits per heavy atom. The van der Waals surface area contributed by atoms with Gasteiger partial charge in [0.1, 0.15) is 5.84 Å². The van der Waals surface area contributed by atoms with Gasteiger partial charge in [0, 0.05) is 23.5 Å². The van der Waals surface area contributed by atoms with Crippen molar-refractivity contribution in [1.29, 1.82) is 5.41 Å². The highest BCUT2D eigenvalue weighted by atomic mass is 32.2. The van der Waals surface area contributed by atoms with Gasteiger partial charge in [0.05, 0.1) is 11.1 Å². The fraction of sp³-hybridized carbons (Fsp3) is 0.235. The Balaban J connectivity index is 1.75. The molecule has 22 heavy (non-hydrogen) atoms. The van der Waals surface area contributed by atoms with Gasteiger partial charge in [0.2, 0.25) is 0 Å². The summed E-state index contributed by atoms with van der Waals surface area (Å²) in [5, 5.41) is 7.76. The van der Waals surface area contributed by atoms with Gasteiger partial charge in [-0.05, 0) is 30.2 Å². The average Bonchev–Trinajstić information content (AvgIpc) is 2.85. The highest BCUT2D eigenvalue weighted by Gasteiger charge is 2.31. The van der Waals surface area contributed by atoms with Gasteiger partial charge in [-0.1, -0.05) is 42.1 Å². The molecule has 5 N–H and O–H groups in total. The topological polar surface area (TPSA) is 79.1 Å². The third-order valence-corrected chi connectivity index (χ3v) is 5.46. The summed E-state index contributed by atoms with van der Waals surface area (Å²) in [6.45, 7) is 0. The second kappa shape index (κ2) is 6.02. The van der Waals surface area contributed by atoms with Crippen LogP contribution in [-0.4, -0.2) is 24.3 Å². The van der Waals surface area contributed by atoms with Crippen LogP contribution in [0.15, 0.2) is 53.4 Å². The Labute approximate surface area is 135 Å². The first-order valence-electron chi connectivity index (χ1n) is 7.23. The zero-order chi connectivity index (χ0) is 15.7. The summed E-state index contributed by atoms with van der Waals surface area (Å²) < 4.78 is 0. The molecule has 114 valence electrons. The second-order valence-electron chi connectivity index (χ2n) is 5.57. The fourth-order valence-electron chi connectivity index (χ4n) is 2.81. The van der Waals surface area contributed by atoms with Crippen LogP contribution in [0.1, 0.15) is 11.1 Å². The van der Waals surface area contributed by atoms with Crippen LogP contribution in [-0.2, 0) is 6.42 Å². The molecular weight excluding hydrogens is 292 g/mol. The predicted molar refractivity (Wildman–Crippen MR) is 93.6 cm³/mol. The molecule has 0 bridgehead atoms. The number of benzene rings is 2. The molecule has 2 unspecified atom stereocenters. The van der Waals surface area contributed by atoms with E-state index in [9.17, 15) is 0 Å². The van der Waals surface area contributed by atoms with Crippen LogP contribution in [0.2, 0.25) is 0 Å². The van der Waals surface area contributed by atoms with E-state index in [0.29, 0.717) is 0 Å². The smallest absolute Gasteiger partial charge is 0.122 e. The first-order chi connectivity index (χ1) is 10.6. The molecule has 1 aliphatic rings. The van der Waals surface area contributed by atoms with Crippen molar-refractivity contribution in [3.8, 4) is 0 Å². The van der Waals surface area contributed by atoms with Crippen LogP contribution in [0.3, 0.4) is 0 Å². The van der Waals surface area contributed by atoms with Gasteiger partial charge in [-0.25, -0.2) is 0 Å². The molecule has 0 aromatic heterocycles. The van der Waals surface area contributed by atoms with Gasteiger partial charge in [-0.3, -0.25) is 5.41 Å². The summed E-state index contributed by atoms with van der Waals surface area (Å²) in [7, 11) is 2.09. The average molecular weight is 312 g/mol. The molecule has 0 radical (unpaired) electrons. The number of likely N-dealkylation sites (N-methyl/N-ethyl adjacent to an activating group) is 1. The normalized spacial score (nSPS) is 18.1. The van der Waals surface area contributed by atoms with Gasteiger partial charge >= 0.3 is 0 Å². The summed E-state index contributed by atoms with van der Waals surface area (Å²) in [4.78, 5) is 3.53. The van der Waals surface area contributed by atoms with Crippen molar-refractivity contribution < 1.29 is 0 Å².